The van der Waals surface area contributed by atoms with Crippen LogP contribution in [0.3, 0.4) is 0 Å². The molecule has 44 heteroatoms. The van der Waals surface area contributed by atoms with E-state index in [1.54, 1.807) is 13.8 Å². The zero-order valence-corrected chi connectivity index (χ0v) is 67.1. The number of primary amides is 2. The number of carboxylic acids is 1. The third-order valence-corrected chi connectivity index (χ3v) is 21.7. The number of nitrogens with one attached hydrogen (secondary N) is 8. The molecule has 21 N–H and O–H groups in total. The summed E-state index contributed by atoms with van der Waals surface area (Å²) in [5, 5.41) is 135. The van der Waals surface area contributed by atoms with Crippen LogP contribution >= 0.6 is 23.2 Å². The van der Waals surface area contributed by atoms with E-state index in [4.69, 9.17) is 72.6 Å². The van der Waals surface area contributed by atoms with E-state index in [2.05, 4.69) is 42.5 Å². The quantitative estimate of drug-likeness (QED) is 0.0409. The fourth-order valence-electron chi connectivity index (χ4n) is 14.8. The summed E-state index contributed by atoms with van der Waals surface area (Å²) < 4.78 is 50.1. The van der Waals surface area contributed by atoms with Crippen molar-refractivity contribution in [3.8, 4) is 57.1 Å². The number of nitro groups is 1. The Balaban J connectivity index is 1.04. The minimum absolute atomic E-state index is 0.177. The van der Waals surface area contributed by atoms with Gasteiger partial charge in [-0.25, -0.2) is 19.2 Å². The lowest BCUT2D eigenvalue weighted by Gasteiger charge is -2.49. The molecule has 3 fully saturated rings. The maximum absolute atomic E-state index is 16.3. The van der Waals surface area contributed by atoms with E-state index in [0.29, 0.717) is 18.4 Å². The first-order valence-electron chi connectivity index (χ1n) is 38.2. The molecule has 0 aromatic heterocycles. The molecule has 1 aliphatic carbocycles. The molecule has 7 aliphatic heterocycles. The average Bonchev–Trinajstić information content (AvgIpc) is 1.21. The summed E-state index contributed by atoms with van der Waals surface area (Å²) in [6, 6.07) is 1.25. The number of non-ortho nitro benzene ring substituents is 1. The third-order valence-electron chi connectivity index (χ3n) is 21.1. The number of amides is 11. The van der Waals surface area contributed by atoms with Gasteiger partial charge in [-0.3, -0.25) is 48.6 Å². The van der Waals surface area contributed by atoms with Crippen molar-refractivity contribution in [2.24, 2.45) is 17.4 Å². The molecule has 42 nitrogen and oxygen atoms in total. The molecule has 7 heterocycles. The van der Waals surface area contributed by atoms with E-state index >= 15 is 19.2 Å². The number of benzene rings is 6. The lowest BCUT2D eigenvalue weighted by Crippen LogP contribution is -2.68. The highest BCUT2D eigenvalue weighted by Gasteiger charge is 2.54. The monoisotopic (exact) mass is 1750 g/mol. The second-order valence-electron chi connectivity index (χ2n) is 30.7. The summed E-state index contributed by atoms with van der Waals surface area (Å²) in [6.07, 6.45) is -22.0. The summed E-state index contributed by atoms with van der Waals surface area (Å²) >= 11 is 14.3. The smallest absolute Gasteiger partial charge is 0.410 e. The minimum Gasteiger partial charge on any atom is -0.508 e. The maximum Gasteiger partial charge on any atom is 0.410 e. The first-order chi connectivity index (χ1) is 58.2. The number of nitrogens with zero attached hydrogens (tertiary/aromatic N) is 2. The van der Waals surface area contributed by atoms with Gasteiger partial charge in [-0.15, -0.1) is 0 Å². The molecular weight excluding hydrogens is 1670 g/mol. The molecule has 11 amide bonds. The molecule has 123 heavy (non-hydrogen) atoms. The van der Waals surface area contributed by atoms with E-state index in [9.17, 15) is 89.6 Å². The second-order valence-corrected chi connectivity index (χ2v) is 31.5. The van der Waals surface area contributed by atoms with E-state index in [1.807, 2.05) is 0 Å². The van der Waals surface area contributed by atoms with Gasteiger partial charge < -0.3 is 138 Å². The van der Waals surface area contributed by atoms with Crippen molar-refractivity contribution in [3.05, 3.63) is 157 Å². The minimum atomic E-state index is -2.48. The number of hydrogen-bond acceptors (Lipinski definition) is 29. The number of carbonyl (C=O) groups excluding carboxylic acids is 10. The number of aliphatic hydroxyl groups excluding tert-OH is 5. The van der Waals surface area contributed by atoms with Gasteiger partial charge in [-0.1, -0.05) is 55.2 Å². The van der Waals surface area contributed by atoms with Gasteiger partial charge in [-0.2, -0.15) is 0 Å². The molecule has 18 atom stereocenters. The van der Waals surface area contributed by atoms with Crippen molar-refractivity contribution < 1.29 is 142 Å². The summed E-state index contributed by atoms with van der Waals surface area (Å²) in [5.74, 6) is -18.0. The third kappa shape index (κ3) is 20.1. The molecule has 0 unspecified atom stereocenters. The van der Waals surface area contributed by atoms with E-state index in [-0.39, 0.29) is 29.3 Å². The van der Waals surface area contributed by atoms with Crippen molar-refractivity contribution >= 4 is 94.4 Å². The SMILES string of the molecule is CC(C)C[C@H](C(=O)N[C@H]1C(=O)N[C@@H](CC(N)=O)C(=O)N[C@H]2C(=O)N[C@H]3C(=O)N[C@H](C(=O)N[C@H](C(=O)O)c4cc(O)cc(O)c4-c4cc3ccc4O)[C@H](O)c3ccc(c(Cl)c3)Oc3cc2cc(c3O[C@@H]2O[C@H](CO)[C@@H](O)[C@H](O)[C@H]2O[C@H]2C[C@](C)(NC(=O)NC3CC3)[C@H](OC(N)=O)[C@H](C)O2)Oc2ccc(cc2Cl)[C@H]1O)N(C)C(=O)OCc1ccc([N+](=O)[O-])cc1. The van der Waals surface area contributed by atoms with Crippen molar-refractivity contribution in [1.82, 2.24) is 47.4 Å². The predicted octanol–water partition coefficient (Wildman–Crippen LogP) is 2.67. The number of phenolic OH excluding ortho intramolecular Hbond substituents is 3. The zero-order chi connectivity index (χ0) is 89.2. The lowest BCUT2D eigenvalue weighted by atomic mass is 9.84. The van der Waals surface area contributed by atoms with Gasteiger partial charge in [0.2, 0.25) is 53.4 Å². The number of likely N-dealkylation sites (N-methyl/N-ethyl adjacent to an activating group) is 1. The number of phenols is 3. The van der Waals surface area contributed by atoms with Crippen LogP contribution in [0, 0.1) is 16.0 Å². The highest BCUT2D eigenvalue weighted by molar-refractivity contribution is 6.32. The Morgan fingerprint density at radius 2 is 1.33 bits per heavy atom. The Bertz CT molecular complexity index is 5160. The molecule has 8 aliphatic rings. The summed E-state index contributed by atoms with van der Waals surface area (Å²) in [5.41, 5.74) is 6.37. The van der Waals surface area contributed by atoms with Crippen LogP contribution in [0.2, 0.25) is 10.0 Å². The van der Waals surface area contributed by atoms with Crippen LogP contribution in [0.5, 0.6) is 46.0 Å². The van der Waals surface area contributed by atoms with Gasteiger partial charge in [0, 0.05) is 54.4 Å². The molecule has 0 spiro atoms. The molecule has 6 aromatic carbocycles. The van der Waals surface area contributed by atoms with Crippen LogP contribution in [0.25, 0.3) is 11.1 Å². The van der Waals surface area contributed by atoms with Crippen molar-refractivity contribution in [2.75, 3.05) is 13.7 Å². The topological polar surface area (TPSA) is 638 Å². The number of aliphatic hydroxyl groups is 5. The normalized spacial score (nSPS) is 26.6. The molecule has 1 saturated carbocycles. The molecule has 14 rings (SSSR count). The Morgan fingerprint density at radius 3 is 1.93 bits per heavy atom. The first kappa shape index (κ1) is 89.6. The molecule has 2 saturated heterocycles. The average molecular weight is 1750 g/mol. The van der Waals surface area contributed by atoms with Crippen molar-refractivity contribution in [3.63, 3.8) is 0 Å². The number of hydrogen-bond donors (Lipinski definition) is 19. The molecule has 11 bridgehead atoms. The Kier molecular flexibility index (Phi) is 26.9. The lowest BCUT2D eigenvalue weighted by molar-refractivity contribution is -0.384. The number of nitro benzene ring substituents is 1. The number of halogens is 2. The number of aromatic hydroxyl groups is 3. The van der Waals surface area contributed by atoms with Crippen LogP contribution in [0.15, 0.2) is 103 Å². The van der Waals surface area contributed by atoms with Gasteiger partial charge in [0.1, 0.15) is 102 Å². The van der Waals surface area contributed by atoms with Crippen LogP contribution < -0.4 is 68.2 Å². The van der Waals surface area contributed by atoms with Crippen LogP contribution in [-0.4, -0.2) is 220 Å². The number of aliphatic carboxylic acids is 1. The first-order valence-corrected chi connectivity index (χ1v) is 38.9. The van der Waals surface area contributed by atoms with Gasteiger partial charge in [0.25, 0.3) is 5.69 Å². The van der Waals surface area contributed by atoms with E-state index < -0.39 is 296 Å². The molecule has 6 aromatic rings. The number of urea groups is 1. The number of ether oxygens (including phenoxy) is 8. The van der Waals surface area contributed by atoms with Gasteiger partial charge in [0.05, 0.1) is 39.6 Å². The van der Waals surface area contributed by atoms with E-state index in [0.717, 1.165) is 95.9 Å². The van der Waals surface area contributed by atoms with Crippen LogP contribution in [0.4, 0.5) is 20.1 Å². The number of carbonyl (C=O) groups is 11. The summed E-state index contributed by atoms with van der Waals surface area (Å²) in [7, 11) is 1.17. The number of nitrogens with two attached hydrogens (primary N) is 2. The summed E-state index contributed by atoms with van der Waals surface area (Å²) in [4.78, 5) is 171. The van der Waals surface area contributed by atoms with Gasteiger partial charge >= 0.3 is 24.2 Å². The number of carboxylic acid groups (broad SMARTS) is 1. The van der Waals surface area contributed by atoms with Gasteiger partial charge in [0.15, 0.2) is 36.0 Å². The largest absolute Gasteiger partial charge is 0.508 e. The Labute approximate surface area is 706 Å². The number of fused-ring (bicyclic) bond motifs is 15. The maximum atomic E-state index is 16.3. The Morgan fingerprint density at radius 1 is 0.715 bits per heavy atom. The van der Waals surface area contributed by atoms with Crippen molar-refractivity contribution in [1.29, 1.82) is 0 Å². The summed E-state index contributed by atoms with van der Waals surface area (Å²) in [6.45, 7) is 4.70. The Hall–Kier alpha value is -12.6. The molecular formula is C79H86Cl2N12O30. The highest BCUT2D eigenvalue weighted by Crippen LogP contribution is 2.50. The molecule has 656 valence electrons. The van der Waals surface area contributed by atoms with Crippen molar-refractivity contribution in [2.45, 2.75) is 182 Å². The fourth-order valence-corrected chi connectivity index (χ4v) is 15.2. The number of rotatable bonds is 19. The predicted molar refractivity (Wildman–Crippen MR) is 420 cm³/mol. The zero-order valence-electron chi connectivity index (χ0n) is 65.6. The highest BCUT2D eigenvalue weighted by atomic mass is 35.5. The molecule has 0 radical (unpaired) electrons. The fraction of sp³-hybridized carbons (Fsp3) is 0.405. The van der Waals surface area contributed by atoms with E-state index in [1.165, 1.54) is 33.0 Å². The van der Waals surface area contributed by atoms with Crippen LogP contribution in [-0.2, 0) is 68.6 Å². The van der Waals surface area contributed by atoms with Crippen LogP contribution in [0.1, 0.15) is 124 Å². The van der Waals surface area contributed by atoms with Gasteiger partial charge in [-0.05, 0) is 134 Å². The second kappa shape index (κ2) is 37.0. The standard InChI is InChI=1S/C79H86Cl2N12O30/c1-30(2)18-45(92(5)78(113)116-29-32-6-13-38(14-7-32)93(114)115)69(104)89-59-61(99)34-9-16-48(42(80)20-34)118-50-22-36-23-51(65(50)122-75-66(64(102)63(101)52(28-94)120-75)121-54-27-79(4,91-77(112)84-37-11-12-37)67(31(3)117-54)123-76(83)111)119-49-17-10-35(21-43(49)81)62(100)60-73(108)88-58(74(109)110)41-24-39(95)25-47(97)55(41)40-19-33(8-15-46(40)96)56(70(105)90-60)87-71(106)57(36)86-68(103)44(26-53(82)98)85-72(59)107/h6-10,13-17,19-25,30-31,37,44-45,52,54,56-64,66-67,75,94-97,99-102H,11-12,18,26-29H2,1-5H3,(H2,82,98)(H2,83,111)(H,85,107)(H,86,103)(H,87,106)(H,88,108)(H,89,104)(H,90,105)(H,109,110)(H2,84,91,112)/t31-,44-,45+,52+,54-,56+,57+,58-,59+,60-,61+,62+,63+,64-,66+,67+,75-,79-/m0/s1.